The fraction of sp³-hybridized carbons (Fsp3) is 1.00. The zero-order valence-electron chi connectivity index (χ0n) is 6.44. The van der Waals surface area contributed by atoms with Gasteiger partial charge in [0, 0.05) is 0 Å². The van der Waals surface area contributed by atoms with E-state index in [4.69, 9.17) is 7.98 Å². The van der Waals surface area contributed by atoms with Crippen LogP contribution in [0.3, 0.4) is 0 Å². The normalized spacial score (nSPS) is 8.43. The van der Waals surface area contributed by atoms with Crippen molar-refractivity contribution in [3.8, 4) is 0 Å². The minimum atomic E-state index is 0. The second-order valence-corrected chi connectivity index (χ2v) is 1.22. The van der Waals surface area contributed by atoms with Gasteiger partial charge >= 0.3 is 18.9 Å². The van der Waals surface area contributed by atoms with Crippen molar-refractivity contribution in [2.45, 2.75) is 13.8 Å². The summed E-state index contributed by atoms with van der Waals surface area (Å²) in [5.41, 5.74) is 0. The van der Waals surface area contributed by atoms with Gasteiger partial charge in [0.25, 0.3) is 0 Å². The van der Waals surface area contributed by atoms with Gasteiger partial charge in [-0.3, -0.25) is 0 Å². The van der Waals surface area contributed by atoms with E-state index in [0.717, 1.165) is 13.1 Å². The van der Waals surface area contributed by atoms with Gasteiger partial charge in [-0.25, -0.2) is 0 Å². The molecule has 0 N–H and O–H groups in total. The summed E-state index contributed by atoms with van der Waals surface area (Å²) in [5, 5.41) is 0. The van der Waals surface area contributed by atoms with Crippen molar-refractivity contribution in [1.29, 1.82) is 0 Å². The Balaban J connectivity index is -0.000000125. The molecule has 36 valence electrons. The van der Waals surface area contributed by atoms with Crippen LogP contribution in [-0.2, 0) is 0 Å². The Kier molecular flexibility index (Phi) is 10.0. The van der Waals surface area contributed by atoms with E-state index in [2.05, 4.69) is 0 Å². The Hall–Kier alpha value is 0.622. The Bertz CT molecular complexity index is 35.2. The summed E-state index contributed by atoms with van der Waals surface area (Å²) < 4.78 is 0. The number of hydrogen-bond acceptors (Lipinski definition) is 1. The molecule has 0 bridgehead atoms. The molecule has 1 nitrogen and oxygen atoms in total. The molecule has 7 heavy (non-hydrogen) atoms. The largest absolute Gasteiger partial charge is 1.00 e. The zero-order valence-corrected chi connectivity index (χ0v) is 5.44. The van der Waals surface area contributed by atoms with Gasteiger partial charge in [-0.05, 0) is 13.1 Å². The van der Waals surface area contributed by atoms with Crippen LogP contribution in [0.5, 0.6) is 0 Å². The number of hydrogen-bond donors (Lipinski definition) is 0. The summed E-state index contributed by atoms with van der Waals surface area (Å²) in [5.74, 6) is 0. The third-order valence-electron chi connectivity index (χ3n) is 0.812. The Morgan fingerprint density at radius 2 is 1.71 bits per heavy atom. The summed E-state index contributed by atoms with van der Waals surface area (Å²) in [4.78, 5) is 1.75. The van der Waals surface area contributed by atoms with Crippen molar-refractivity contribution in [2.75, 3.05) is 13.1 Å². The second kappa shape index (κ2) is 6.62. The summed E-state index contributed by atoms with van der Waals surface area (Å²) in [6.45, 7) is 5.94. The average molecular weight is 90.9 g/mol. The summed E-state index contributed by atoms with van der Waals surface area (Å²) in [6.07, 6.45) is 0. The average Bonchev–Trinajstić information content (AvgIpc) is 1.65. The standard InChI is InChI=1S/C4H10BN.Li.H/c1-3-6(5)4-2;;/h3-4H2,1-2H3;;/q;+1;-1. The van der Waals surface area contributed by atoms with Gasteiger partial charge in [-0.2, -0.15) is 0 Å². The Morgan fingerprint density at radius 3 is 1.71 bits per heavy atom. The van der Waals surface area contributed by atoms with Crippen LogP contribution in [0.2, 0.25) is 0 Å². The third kappa shape index (κ3) is 6.62. The van der Waals surface area contributed by atoms with Crippen LogP contribution >= 0.6 is 0 Å². The molecular formula is C4H11BLiN. The van der Waals surface area contributed by atoms with Crippen LogP contribution in [0.15, 0.2) is 0 Å². The first kappa shape index (κ1) is 10.6. The van der Waals surface area contributed by atoms with Gasteiger partial charge in [-0.15, -0.1) is 0 Å². The molecule has 0 aliphatic carbocycles. The molecule has 0 amide bonds. The van der Waals surface area contributed by atoms with Gasteiger partial charge in [0.2, 0.25) is 0 Å². The third-order valence-corrected chi connectivity index (χ3v) is 0.812. The quantitative estimate of drug-likeness (QED) is 0.340. The molecule has 0 fully saturated rings. The molecule has 0 rings (SSSR count). The van der Waals surface area contributed by atoms with Gasteiger partial charge in [0.15, 0.2) is 7.98 Å². The molecule has 0 saturated heterocycles. The van der Waals surface area contributed by atoms with Crippen molar-refractivity contribution >= 4 is 7.98 Å². The molecule has 0 aliphatic rings. The molecule has 0 aromatic heterocycles. The first-order valence-electron chi connectivity index (χ1n) is 2.30. The van der Waals surface area contributed by atoms with E-state index < -0.39 is 0 Å². The maximum Gasteiger partial charge on any atom is 1.00 e. The number of rotatable bonds is 2. The van der Waals surface area contributed by atoms with Crippen LogP contribution in [0, 0.1) is 0 Å². The van der Waals surface area contributed by atoms with E-state index in [0.29, 0.717) is 0 Å². The monoisotopic (exact) mass is 91.1 g/mol. The van der Waals surface area contributed by atoms with E-state index in [1.807, 2.05) is 13.8 Å². The molecule has 0 aromatic rings. The molecule has 0 atom stereocenters. The van der Waals surface area contributed by atoms with Crippen LogP contribution in [-0.4, -0.2) is 25.9 Å². The molecule has 0 unspecified atom stereocenters. The van der Waals surface area contributed by atoms with Crippen LogP contribution in [0.1, 0.15) is 15.3 Å². The topological polar surface area (TPSA) is 3.24 Å². The van der Waals surface area contributed by atoms with Crippen LogP contribution in [0.25, 0.3) is 0 Å². The summed E-state index contributed by atoms with van der Waals surface area (Å²) in [6, 6.07) is 0. The Morgan fingerprint density at radius 1 is 1.43 bits per heavy atom. The molecular weight excluding hydrogens is 79.8 g/mol. The van der Waals surface area contributed by atoms with E-state index in [-0.39, 0.29) is 20.3 Å². The minimum Gasteiger partial charge on any atom is -1.00 e. The van der Waals surface area contributed by atoms with Crippen molar-refractivity contribution in [3.05, 3.63) is 0 Å². The fourth-order valence-electron chi connectivity index (χ4n) is 0.224. The molecule has 0 spiro atoms. The van der Waals surface area contributed by atoms with Crippen LogP contribution in [0.4, 0.5) is 0 Å². The number of nitrogens with zero attached hydrogens (tertiary/aromatic N) is 1. The van der Waals surface area contributed by atoms with Crippen molar-refractivity contribution in [3.63, 3.8) is 0 Å². The van der Waals surface area contributed by atoms with Crippen molar-refractivity contribution in [2.24, 2.45) is 0 Å². The molecule has 0 heterocycles. The zero-order chi connectivity index (χ0) is 4.99. The fourth-order valence-corrected chi connectivity index (χ4v) is 0.224. The van der Waals surface area contributed by atoms with E-state index in [1.165, 1.54) is 0 Å². The molecule has 2 radical (unpaired) electrons. The van der Waals surface area contributed by atoms with Crippen molar-refractivity contribution in [1.82, 2.24) is 4.81 Å². The van der Waals surface area contributed by atoms with E-state index in [1.54, 1.807) is 4.81 Å². The molecule has 0 aliphatic heterocycles. The minimum absolute atomic E-state index is 0. The van der Waals surface area contributed by atoms with Gasteiger partial charge < -0.3 is 6.24 Å². The van der Waals surface area contributed by atoms with Crippen LogP contribution < -0.4 is 18.9 Å². The molecule has 0 aromatic carbocycles. The smallest absolute Gasteiger partial charge is 1.00 e. The van der Waals surface area contributed by atoms with E-state index >= 15 is 0 Å². The maximum atomic E-state index is 5.31. The Labute approximate surface area is 60.6 Å². The first-order valence-corrected chi connectivity index (χ1v) is 2.30. The predicted octanol–water partition coefficient (Wildman–Crippen LogP) is -2.47. The van der Waals surface area contributed by atoms with Gasteiger partial charge in [-0.1, -0.05) is 13.8 Å². The molecule has 3 heteroatoms. The molecule has 0 saturated carbocycles. The summed E-state index contributed by atoms with van der Waals surface area (Å²) in [7, 11) is 5.31. The SMILES string of the molecule is [B]N(CC)CC.[H-].[Li+]. The second-order valence-electron chi connectivity index (χ2n) is 1.22. The predicted molar refractivity (Wildman–Crippen MR) is 29.8 cm³/mol. The van der Waals surface area contributed by atoms with Crippen molar-refractivity contribution < 1.29 is 20.3 Å². The van der Waals surface area contributed by atoms with Gasteiger partial charge in [0.1, 0.15) is 0 Å². The van der Waals surface area contributed by atoms with E-state index in [9.17, 15) is 0 Å². The maximum absolute atomic E-state index is 5.31. The first-order chi connectivity index (χ1) is 2.81. The van der Waals surface area contributed by atoms with Gasteiger partial charge in [0.05, 0.1) is 0 Å². The summed E-state index contributed by atoms with van der Waals surface area (Å²) >= 11 is 0.